The predicted octanol–water partition coefficient (Wildman–Crippen LogP) is 1.58. The van der Waals surface area contributed by atoms with Gasteiger partial charge in [0.25, 0.3) is 5.91 Å². The summed E-state index contributed by atoms with van der Waals surface area (Å²) in [6, 6.07) is 6.01. The minimum Gasteiger partial charge on any atom is -0.375 e. The molecule has 2 aliphatic heterocycles. The highest BCUT2D eigenvalue weighted by Crippen LogP contribution is 2.25. The fraction of sp³-hybridized carbons (Fsp3) is 0.500. The Bertz CT molecular complexity index is 692. The largest absolute Gasteiger partial charge is 0.375 e. The zero-order chi connectivity index (χ0) is 17.1. The van der Waals surface area contributed by atoms with E-state index >= 15 is 0 Å². The fourth-order valence-electron chi connectivity index (χ4n) is 3.77. The molecule has 0 bridgehead atoms. The number of fused-ring (bicyclic) bond motifs is 1. The van der Waals surface area contributed by atoms with E-state index < -0.39 is 0 Å². The fourth-order valence-corrected chi connectivity index (χ4v) is 3.77. The van der Waals surface area contributed by atoms with Crippen LogP contribution < -0.4 is 0 Å². The maximum atomic E-state index is 12.5. The molecule has 25 heavy (non-hydrogen) atoms. The highest BCUT2D eigenvalue weighted by Gasteiger charge is 2.36. The normalized spacial score (nSPS) is 24.6. The van der Waals surface area contributed by atoms with Crippen molar-refractivity contribution in [3.05, 3.63) is 48.1 Å². The molecule has 2 aliphatic rings. The number of rotatable bonds is 3. The van der Waals surface area contributed by atoms with Gasteiger partial charge in [-0.2, -0.15) is 0 Å². The topological polar surface area (TPSA) is 71.7 Å². The van der Waals surface area contributed by atoms with Crippen molar-refractivity contribution in [2.45, 2.75) is 31.5 Å². The van der Waals surface area contributed by atoms with Crippen LogP contribution in [0.2, 0.25) is 0 Å². The van der Waals surface area contributed by atoms with Gasteiger partial charge in [-0.05, 0) is 24.5 Å². The third kappa shape index (κ3) is 3.57. The molecule has 132 valence electrons. The van der Waals surface area contributed by atoms with Crippen molar-refractivity contribution in [3.8, 4) is 0 Å². The molecule has 2 fully saturated rings. The van der Waals surface area contributed by atoms with Gasteiger partial charge in [0.1, 0.15) is 0 Å². The van der Waals surface area contributed by atoms with E-state index in [-0.39, 0.29) is 12.0 Å². The first-order valence-corrected chi connectivity index (χ1v) is 8.76. The molecule has 0 aromatic carbocycles. The molecule has 7 heteroatoms. The summed E-state index contributed by atoms with van der Waals surface area (Å²) >= 11 is 0. The van der Waals surface area contributed by atoms with Gasteiger partial charge in [-0.25, -0.2) is 0 Å². The number of ether oxygens (including phenoxy) is 1. The molecule has 2 unspecified atom stereocenters. The average molecular weight is 342 g/mol. The Morgan fingerprint density at radius 3 is 2.92 bits per heavy atom. The summed E-state index contributed by atoms with van der Waals surface area (Å²) in [6.45, 7) is 3.90. The van der Waals surface area contributed by atoms with Crippen LogP contribution in [0.5, 0.6) is 0 Å². The van der Waals surface area contributed by atoms with Gasteiger partial charge in [0, 0.05) is 50.7 Å². The summed E-state index contributed by atoms with van der Waals surface area (Å²) in [4.78, 5) is 21.0. The quantitative estimate of drug-likeness (QED) is 0.843. The highest BCUT2D eigenvalue weighted by atomic mass is 16.5. The van der Waals surface area contributed by atoms with Crippen molar-refractivity contribution in [1.29, 1.82) is 0 Å². The molecule has 2 aromatic heterocycles. The molecule has 7 nitrogen and oxygen atoms in total. The molecule has 0 spiro atoms. The summed E-state index contributed by atoms with van der Waals surface area (Å²) < 4.78 is 11.0. The van der Waals surface area contributed by atoms with E-state index in [1.54, 1.807) is 12.3 Å². The smallest absolute Gasteiger partial charge is 0.292 e. The van der Waals surface area contributed by atoms with Gasteiger partial charge in [-0.1, -0.05) is 11.2 Å². The Kier molecular flexibility index (Phi) is 4.76. The van der Waals surface area contributed by atoms with Crippen molar-refractivity contribution in [2.24, 2.45) is 0 Å². The SMILES string of the molecule is O=C(c1ccno1)N1CCC2OCCN(Cc3cccnc3)C2CC1. The van der Waals surface area contributed by atoms with Crippen molar-refractivity contribution in [3.63, 3.8) is 0 Å². The Morgan fingerprint density at radius 1 is 1.20 bits per heavy atom. The number of likely N-dealkylation sites (tertiary alicyclic amines) is 1. The van der Waals surface area contributed by atoms with Crippen LogP contribution in [-0.2, 0) is 11.3 Å². The van der Waals surface area contributed by atoms with E-state index in [1.807, 2.05) is 17.2 Å². The lowest BCUT2D eigenvalue weighted by Gasteiger charge is -2.40. The van der Waals surface area contributed by atoms with E-state index in [1.165, 1.54) is 11.8 Å². The van der Waals surface area contributed by atoms with Crippen molar-refractivity contribution >= 4 is 5.91 Å². The molecule has 0 aliphatic carbocycles. The van der Waals surface area contributed by atoms with E-state index in [2.05, 4.69) is 21.1 Å². The van der Waals surface area contributed by atoms with Gasteiger partial charge in [0.2, 0.25) is 5.76 Å². The minimum atomic E-state index is -0.0880. The number of carbonyl (C=O) groups excluding carboxylic acids is 1. The first-order valence-electron chi connectivity index (χ1n) is 8.76. The van der Waals surface area contributed by atoms with Crippen LogP contribution in [0.4, 0.5) is 0 Å². The van der Waals surface area contributed by atoms with Gasteiger partial charge < -0.3 is 14.2 Å². The molecule has 4 heterocycles. The van der Waals surface area contributed by atoms with Gasteiger partial charge in [-0.15, -0.1) is 0 Å². The summed E-state index contributed by atoms with van der Waals surface area (Å²) in [7, 11) is 0. The summed E-state index contributed by atoms with van der Waals surface area (Å²) in [5.41, 5.74) is 1.21. The van der Waals surface area contributed by atoms with Crippen LogP contribution in [-0.4, -0.2) is 64.2 Å². The van der Waals surface area contributed by atoms with Crippen molar-refractivity contribution in [1.82, 2.24) is 19.9 Å². The molecule has 0 radical (unpaired) electrons. The zero-order valence-corrected chi connectivity index (χ0v) is 14.1. The van der Waals surface area contributed by atoms with Crippen LogP contribution in [0, 0.1) is 0 Å². The second-order valence-electron chi connectivity index (χ2n) is 6.55. The monoisotopic (exact) mass is 342 g/mol. The Hall–Kier alpha value is -2.25. The van der Waals surface area contributed by atoms with Crippen LogP contribution in [0.15, 0.2) is 41.3 Å². The van der Waals surface area contributed by atoms with E-state index in [0.717, 1.165) is 32.5 Å². The third-order valence-electron chi connectivity index (χ3n) is 5.03. The maximum absolute atomic E-state index is 12.5. The molecule has 2 aromatic rings. The zero-order valence-electron chi connectivity index (χ0n) is 14.1. The number of hydrogen-bond acceptors (Lipinski definition) is 6. The highest BCUT2D eigenvalue weighted by molar-refractivity contribution is 5.91. The molecule has 1 amide bonds. The van der Waals surface area contributed by atoms with Crippen LogP contribution in [0.25, 0.3) is 0 Å². The molecule has 0 saturated carbocycles. The number of pyridine rings is 1. The van der Waals surface area contributed by atoms with Gasteiger partial charge >= 0.3 is 0 Å². The number of nitrogens with zero attached hydrogens (tertiary/aromatic N) is 4. The summed E-state index contributed by atoms with van der Waals surface area (Å²) in [5, 5.41) is 3.63. The van der Waals surface area contributed by atoms with E-state index in [4.69, 9.17) is 9.26 Å². The third-order valence-corrected chi connectivity index (χ3v) is 5.03. The number of aromatic nitrogens is 2. The summed E-state index contributed by atoms with van der Waals surface area (Å²) in [6.07, 6.45) is 7.12. The Labute approximate surface area is 146 Å². The van der Waals surface area contributed by atoms with E-state index in [0.29, 0.717) is 24.9 Å². The maximum Gasteiger partial charge on any atom is 0.292 e. The second-order valence-corrected chi connectivity index (χ2v) is 6.55. The molecule has 0 N–H and O–H groups in total. The van der Waals surface area contributed by atoms with Gasteiger partial charge in [0.05, 0.1) is 18.9 Å². The predicted molar refractivity (Wildman–Crippen MR) is 89.8 cm³/mol. The lowest BCUT2D eigenvalue weighted by atomic mass is 10.0. The van der Waals surface area contributed by atoms with Gasteiger partial charge in [0.15, 0.2) is 0 Å². The van der Waals surface area contributed by atoms with Gasteiger partial charge in [-0.3, -0.25) is 14.7 Å². The number of hydrogen-bond donors (Lipinski definition) is 0. The van der Waals surface area contributed by atoms with Crippen LogP contribution >= 0.6 is 0 Å². The Morgan fingerprint density at radius 2 is 2.12 bits per heavy atom. The standard InChI is InChI=1S/C18H22N4O3/c23-18(17-3-7-20-25-17)21-8-4-15-16(5-9-21)24-11-10-22(15)13-14-2-1-6-19-12-14/h1-3,6-7,12,15-16H,4-5,8-11,13H2. The van der Waals surface area contributed by atoms with Crippen molar-refractivity contribution in [2.75, 3.05) is 26.2 Å². The lowest BCUT2D eigenvalue weighted by molar-refractivity contribution is -0.0747. The Balaban J connectivity index is 1.44. The van der Waals surface area contributed by atoms with Crippen LogP contribution in [0.1, 0.15) is 29.0 Å². The number of amides is 1. The molecule has 4 rings (SSSR count). The van der Waals surface area contributed by atoms with Crippen LogP contribution in [0.3, 0.4) is 0 Å². The average Bonchev–Trinajstić information content (AvgIpc) is 3.09. The number of morpholine rings is 1. The lowest BCUT2D eigenvalue weighted by Crippen LogP contribution is -2.50. The van der Waals surface area contributed by atoms with E-state index in [9.17, 15) is 4.79 Å². The number of carbonyl (C=O) groups is 1. The first kappa shape index (κ1) is 16.2. The first-order chi connectivity index (χ1) is 12.3. The molecular formula is C18H22N4O3. The molecule has 2 saturated heterocycles. The van der Waals surface area contributed by atoms with Crippen molar-refractivity contribution < 1.29 is 14.1 Å². The second kappa shape index (κ2) is 7.33. The molecular weight excluding hydrogens is 320 g/mol. The minimum absolute atomic E-state index is 0.0880. The molecule has 2 atom stereocenters. The summed E-state index contributed by atoms with van der Waals surface area (Å²) in [5.74, 6) is 0.216.